The van der Waals surface area contributed by atoms with Crippen molar-refractivity contribution in [2.75, 3.05) is 0 Å². The number of hydrogen-bond donors (Lipinski definition) is 3. The molecule has 2 aliphatic carbocycles. The van der Waals surface area contributed by atoms with E-state index in [0.29, 0.717) is 12.8 Å². The van der Waals surface area contributed by atoms with Crippen molar-refractivity contribution in [1.82, 2.24) is 0 Å². The maximum absolute atomic E-state index is 12.0. The average molecular weight is 332 g/mol. The SMILES string of the molecule is CC(C)c1c(O)ccc2c1C(O)CC1C(C)(C(=O)O)CCCC21C. The van der Waals surface area contributed by atoms with E-state index in [1.54, 1.807) is 6.07 Å². The van der Waals surface area contributed by atoms with Crippen LogP contribution in [0.2, 0.25) is 0 Å². The highest BCUT2D eigenvalue weighted by Crippen LogP contribution is 2.60. The number of aliphatic carboxylic acids is 1. The summed E-state index contributed by atoms with van der Waals surface area (Å²) in [6.07, 6.45) is 2.15. The molecule has 0 radical (unpaired) electrons. The summed E-state index contributed by atoms with van der Waals surface area (Å²) in [4.78, 5) is 12.0. The first-order chi connectivity index (χ1) is 11.1. The highest BCUT2D eigenvalue weighted by atomic mass is 16.4. The topological polar surface area (TPSA) is 77.8 Å². The van der Waals surface area contributed by atoms with E-state index in [2.05, 4.69) is 6.92 Å². The molecule has 0 saturated heterocycles. The molecule has 132 valence electrons. The van der Waals surface area contributed by atoms with Crippen molar-refractivity contribution in [2.45, 2.75) is 70.8 Å². The Morgan fingerprint density at radius 3 is 2.50 bits per heavy atom. The fraction of sp³-hybridized carbons (Fsp3) is 0.650. The van der Waals surface area contributed by atoms with Gasteiger partial charge in [0.2, 0.25) is 0 Å². The van der Waals surface area contributed by atoms with Crippen LogP contribution in [0.1, 0.15) is 82.1 Å². The van der Waals surface area contributed by atoms with Crippen molar-refractivity contribution in [3.8, 4) is 5.75 Å². The van der Waals surface area contributed by atoms with Gasteiger partial charge >= 0.3 is 5.97 Å². The number of aliphatic hydroxyl groups excluding tert-OH is 1. The standard InChI is InChI=1S/C20H28O4/c1-11(2)16-13(21)7-6-12-17(16)14(22)10-15-19(12,3)8-5-9-20(15,4)18(23)24/h6-7,11,14-15,21-22H,5,8-10H2,1-4H3,(H,23,24). The van der Waals surface area contributed by atoms with Crippen LogP contribution in [-0.4, -0.2) is 21.3 Å². The van der Waals surface area contributed by atoms with Crippen LogP contribution >= 0.6 is 0 Å². The molecular weight excluding hydrogens is 304 g/mol. The molecule has 2 aliphatic rings. The normalized spacial score (nSPS) is 35.4. The maximum atomic E-state index is 12.0. The Morgan fingerprint density at radius 2 is 1.92 bits per heavy atom. The Hall–Kier alpha value is -1.55. The highest BCUT2D eigenvalue weighted by molar-refractivity contribution is 5.75. The summed E-state index contributed by atoms with van der Waals surface area (Å²) in [5.41, 5.74) is 1.57. The molecule has 4 nitrogen and oxygen atoms in total. The van der Waals surface area contributed by atoms with Crippen molar-refractivity contribution in [3.05, 3.63) is 28.8 Å². The molecule has 3 N–H and O–H groups in total. The van der Waals surface area contributed by atoms with E-state index >= 15 is 0 Å². The summed E-state index contributed by atoms with van der Waals surface area (Å²) in [6, 6.07) is 3.61. The van der Waals surface area contributed by atoms with E-state index in [-0.39, 0.29) is 23.0 Å². The predicted molar refractivity (Wildman–Crippen MR) is 92.2 cm³/mol. The maximum Gasteiger partial charge on any atom is 0.309 e. The lowest BCUT2D eigenvalue weighted by atomic mass is 9.49. The summed E-state index contributed by atoms with van der Waals surface area (Å²) >= 11 is 0. The van der Waals surface area contributed by atoms with Gasteiger partial charge in [-0.15, -0.1) is 0 Å². The van der Waals surface area contributed by atoms with E-state index in [1.807, 2.05) is 26.8 Å². The Labute approximate surface area is 143 Å². The number of aliphatic hydroxyl groups is 1. The second-order valence-corrected chi connectivity index (χ2v) is 8.41. The van der Waals surface area contributed by atoms with Gasteiger partial charge in [-0.1, -0.05) is 33.3 Å². The zero-order valence-corrected chi connectivity index (χ0v) is 15.0. The molecule has 1 fully saturated rings. The summed E-state index contributed by atoms with van der Waals surface area (Å²) in [7, 11) is 0. The summed E-state index contributed by atoms with van der Waals surface area (Å²) in [5.74, 6) is -0.550. The quantitative estimate of drug-likeness (QED) is 0.762. The van der Waals surface area contributed by atoms with Crippen LogP contribution in [0.5, 0.6) is 5.75 Å². The fourth-order valence-electron chi connectivity index (χ4n) is 5.40. The van der Waals surface area contributed by atoms with E-state index in [1.165, 1.54) is 0 Å². The molecular formula is C20H28O4. The van der Waals surface area contributed by atoms with Gasteiger partial charge < -0.3 is 15.3 Å². The van der Waals surface area contributed by atoms with Crippen molar-refractivity contribution in [1.29, 1.82) is 0 Å². The van der Waals surface area contributed by atoms with Gasteiger partial charge in [-0.05, 0) is 60.6 Å². The largest absolute Gasteiger partial charge is 0.508 e. The molecule has 0 bridgehead atoms. The lowest BCUT2D eigenvalue weighted by molar-refractivity contribution is -0.159. The zero-order valence-electron chi connectivity index (χ0n) is 15.0. The molecule has 4 atom stereocenters. The van der Waals surface area contributed by atoms with Crippen LogP contribution in [-0.2, 0) is 10.2 Å². The van der Waals surface area contributed by atoms with Gasteiger partial charge in [0.05, 0.1) is 11.5 Å². The molecule has 0 aliphatic heterocycles. The number of rotatable bonds is 2. The first kappa shape index (κ1) is 17.3. The third kappa shape index (κ3) is 2.19. The van der Waals surface area contributed by atoms with Gasteiger partial charge in [0.25, 0.3) is 0 Å². The van der Waals surface area contributed by atoms with Gasteiger partial charge in [0.15, 0.2) is 0 Å². The van der Waals surface area contributed by atoms with Crippen LogP contribution in [0, 0.1) is 11.3 Å². The number of fused-ring (bicyclic) bond motifs is 3. The Balaban J connectivity index is 2.24. The number of hydrogen-bond acceptors (Lipinski definition) is 3. The van der Waals surface area contributed by atoms with Crippen molar-refractivity contribution < 1.29 is 20.1 Å². The molecule has 3 rings (SSSR count). The second kappa shape index (κ2) is 5.48. The van der Waals surface area contributed by atoms with Crippen molar-refractivity contribution in [2.24, 2.45) is 11.3 Å². The molecule has 0 heterocycles. The summed E-state index contributed by atoms with van der Waals surface area (Å²) < 4.78 is 0. The monoisotopic (exact) mass is 332 g/mol. The number of benzene rings is 1. The average Bonchev–Trinajstić information content (AvgIpc) is 2.49. The Morgan fingerprint density at radius 1 is 1.25 bits per heavy atom. The fourth-order valence-corrected chi connectivity index (χ4v) is 5.40. The van der Waals surface area contributed by atoms with Crippen molar-refractivity contribution in [3.63, 3.8) is 0 Å². The highest BCUT2D eigenvalue weighted by Gasteiger charge is 2.57. The lowest BCUT2D eigenvalue weighted by Gasteiger charge is -2.55. The van der Waals surface area contributed by atoms with Crippen LogP contribution < -0.4 is 0 Å². The lowest BCUT2D eigenvalue weighted by Crippen LogP contribution is -2.53. The van der Waals surface area contributed by atoms with Gasteiger partial charge in [-0.2, -0.15) is 0 Å². The Kier molecular flexibility index (Phi) is 3.95. The third-order valence-corrected chi connectivity index (χ3v) is 6.67. The molecule has 4 heteroatoms. The second-order valence-electron chi connectivity index (χ2n) is 8.41. The minimum absolute atomic E-state index is 0.101. The number of aromatic hydroxyl groups is 1. The van der Waals surface area contributed by atoms with Crippen LogP contribution in [0.25, 0.3) is 0 Å². The van der Waals surface area contributed by atoms with E-state index in [9.17, 15) is 20.1 Å². The minimum Gasteiger partial charge on any atom is -0.508 e. The van der Waals surface area contributed by atoms with Crippen LogP contribution in [0.4, 0.5) is 0 Å². The van der Waals surface area contributed by atoms with E-state index in [0.717, 1.165) is 29.5 Å². The molecule has 4 unspecified atom stereocenters. The van der Waals surface area contributed by atoms with Crippen molar-refractivity contribution >= 4 is 5.97 Å². The number of carboxylic acids is 1. The van der Waals surface area contributed by atoms with Gasteiger partial charge in [0, 0.05) is 5.56 Å². The summed E-state index contributed by atoms with van der Waals surface area (Å²) in [6.45, 7) is 8.00. The molecule has 0 spiro atoms. The molecule has 0 amide bonds. The molecule has 1 saturated carbocycles. The molecule has 1 aromatic carbocycles. The van der Waals surface area contributed by atoms with Gasteiger partial charge in [0.1, 0.15) is 5.75 Å². The van der Waals surface area contributed by atoms with Gasteiger partial charge in [-0.25, -0.2) is 0 Å². The minimum atomic E-state index is -0.818. The van der Waals surface area contributed by atoms with Crippen LogP contribution in [0.3, 0.4) is 0 Å². The number of phenolic OH excluding ortho intramolecular Hbond substituents is 1. The molecule has 1 aromatic rings. The molecule has 24 heavy (non-hydrogen) atoms. The number of phenols is 1. The number of carbonyl (C=O) groups is 1. The summed E-state index contributed by atoms with van der Waals surface area (Å²) in [5, 5.41) is 31.0. The Bertz CT molecular complexity index is 680. The van der Waals surface area contributed by atoms with E-state index in [4.69, 9.17) is 0 Å². The van der Waals surface area contributed by atoms with Crippen LogP contribution in [0.15, 0.2) is 12.1 Å². The van der Waals surface area contributed by atoms with Gasteiger partial charge in [-0.3, -0.25) is 4.79 Å². The van der Waals surface area contributed by atoms with E-state index < -0.39 is 17.5 Å². The smallest absolute Gasteiger partial charge is 0.309 e. The first-order valence-electron chi connectivity index (χ1n) is 8.90. The predicted octanol–water partition coefficient (Wildman–Crippen LogP) is 4.10. The molecule has 0 aromatic heterocycles. The third-order valence-electron chi connectivity index (χ3n) is 6.67. The first-order valence-corrected chi connectivity index (χ1v) is 8.90. The number of carboxylic acid groups (broad SMARTS) is 1. The zero-order chi connectivity index (χ0) is 17.9.